The van der Waals surface area contributed by atoms with Gasteiger partial charge in [0.25, 0.3) is 0 Å². The number of hydrogen-bond acceptors (Lipinski definition) is 4. The van der Waals surface area contributed by atoms with Crippen LogP contribution in [0.15, 0.2) is 12.1 Å². The first-order valence-electron chi connectivity index (χ1n) is 4.68. The predicted octanol–water partition coefficient (Wildman–Crippen LogP) is 1.09. The van der Waals surface area contributed by atoms with Gasteiger partial charge in [0.15, 0.2) is 6.29 Å². The highest BCUT2D eigenvalue weighted by molar-refractivity contribution is 5.75. The molecule has 0 fully saturated rings. The zero-order valence-electron chi connectivity index (χ0n) is 8.60. The Labute approximate surface area is 95.7 Å². The molecule has 0 aromatic heterocycles. The van der Waals surface area contributed by atoms with E-state index >= 15 is 0 Å². The predicted molar refractivity (Wildman–Crippen MR) is 52.9 cm³/mol. The van der Waals surface area contributed by atoms with Gasteiger partial charge < -0.3 is 10.2 Å². The van der Waals surface area contributed by atoms with Crippen LogP contribution < -0.4 is 0 Å². The van der Waals surface area contributed by atoms with Crippen molar-refractivity contribution in [3.8, 4) is 6.07 Å². The maximum Gasteiger partial charge on any atom is 0.153 e. The summed E-state index contributed by atoms with van der Waals surface area (Å²) in [5, 5.41) is 27.1. The molecule has 1 rings (SSSR count). The van der Waals surface area contributed by atoms with Crippen molar-refractivity contribution < 1.29 is 23.8 Å². The molecule has 0 spiro atoms. The minimum absolute atomic E-state index is 0.139. The fraction of sp³-hybridized carbons (Fsp3) is 0.273. The summed E-state index contributed by atoms with van der Waals surface area (Å²) >= 11 is 0. The Morgan fingerprint density at radius 3 is 2.53 bits per heavy atom. The first kappa shape index (κ1) is 13.2. The van der Waals surface area contributed by atoms with Crippen LogP contribution in [0.25, 0.3) is 0 Å². The molecule has 0 aliphatic heterocycles. The van der Waals surface area contributed by atoms with Crippen LogP contribution in [0.1, 0.15) is 28.4 Å². The van der Waals surface area contributed by atoms with Crippen LogP contribution in [0, 0.1) is 23.0 Å². The Bertz CT molecular complexity index is 471. The van der Waals surface area contributed by atoms with Crippen molar-refractivity contribution in [2.75, 3.05) is 0 Å². The SMILES string of the molecule is N#CCC(O)C(O)c1cc(F)c(C=O)cc1F. The van der Waals surface area contributed by atoms with Gasteiger partial charge in [-0.3, -0.25) is 4.79 Å². The molecular formula is C11H9F2NO3. The van der Waals surface area contributed by atoms with E-state index in [0.717, 1.165) is 0 Å². The van der Waals surface area contributed by atoms with E-state index in [9.17, 15) is 23.8 Å². The number of nitrogens with zero attached hydrogens (tertiary/aromatic N) is 1. The lowest BCUT2D eigenvalue weighted by molar-refractivity contribution is 0.0193. The van der Waals surface area contributed by atoms with Crippen molar-refractivity contribution >= 4 is 6.29 Å². The van der Waals surface area contributed by atoms with E-state index in [1.54, 1.807) is 6.07 Å². The smallest absolute Gasteiger partial charge is 0.153 e. The van der Waals surface area contributed by atoms with Crippen LogP contribution in [-0.2, 0) is 0 Å². The molecule has 2 N–H and O–H groups in total. The monoisotopic (exact) mass is 241 g/mol. The third-order valence-corrected chi connectivity index (χ3v) is 2.23. The minimum Gasteiger partial charge on any atom is -0.389 e. The van der Waals surface area contributed by atoms with Crippen LogP contribution in [-0.4, -0.2) is 22.6 Å². The maximum absolute atomic E-state index is 13.4. The molecule has 0 aliphatic rings. The highest BCUT2D eigenvalue weighted by Crippen LogP contribution is 2.24. The molecule has 0 amide bonds. The second-order valence-electron chi connectivity index (χ2n) is 3.39. The fourth-order valence-corrected chi connectivity index (χ4v) is 1.31. The molecule has 2 atom stereocenters. The van der Waals surface area contributed by atoms with Gasteiger partial charge in [-0.2, -0.15) is 5.26 Å². The molecule has 2 unspecified atom stereocenters. The minimum atomic E-state index is -1.72. The van der Waals surface area contributed by atoms with Crippen LogP contribution in [0.5, 0.6) is 0 Å². The van der Waals surface area contributed by atoms with Crippen LogP contribution in [0.3, 0.4) is 0 Å². The Morgan fingerprint density at radius 1 is 1.35 bits per heavy atom. The molecule has 0 bridgehead atoms. The molecule has 0 heterocycles. The molecule has 1 aromatic carbocycles. The molecule has 0 saturated heterocycles. The van der Waals surface area contributed by atoms with E-state index in [0.29, 0.717) is 12.1 Å². The zero-order valence-corrected chi connectivity index (χ0v) is 8.60. The van der Waals surface area contributed by atoms with Crippen molar-refractivity contribution in [1.29, 1.82) is 5.26 Å². The number of halogens is 2. The Morgan fingerprint density at radius 2 is 2.00 bits per heavy atom. The number of carbonyl (C=O) groups excluding carboxylic acids is 1. The summed E-state index contributed by atoms with van der Waals surface area (Å²) in [5.41, 5.74) is -0.968. The van der Waals surface area contributed by atoms with Crippen LogP contribution >= 0.6 is 0 Å². The number of rotatable bonds is 4. The Balaban J connectivity index is 3.11. The molecule has 17 heavy (non-hydrogen) atoms. The summed E-state index contributed by atoms with van der Waals surface area (Å²) in [4.78, 5) is 10.3. The van der Waals surface area contributed by atoms with E-state index in [2.05, 4.69) is 0 Å². The molecule has 0 saturated carbocycles. The van der Waals surface area contributed by atoms with Crippen molar-refractivity contribution in [1.82, 2.24) is 0 Å². The number of benzene rings is 1. The number of aliphatic hydroxyl groups is 2. The van der Waals surface area contributed by atoms with Gasteiger partial charge in [0.05, 0.1) is 24.2 Å². The van der Waals surface area contributed by atoms with Gasteiger partial charge in [-0.1, -0.05) is 0 Å². The van der Waals surface area contributed by atoms with Crippen LogP contribution in [0.2, 0.25) is 0 Å². The van der Waals surface area contributed by atoms with Crippen LogP contribution in [0.4, 0.5) is 8.78 Å². The molecule has 90 valence electrons. The first-order valence-corrected chi connectivity index (χ1v) is 4.68. The van der Waals surface area contributed by atoms with Gasteiger partial charge >= 0.3 is 0 Å². The van der Waals surface area contributed by atoms with E-state index in [1.165, 1.54) is 0 Å². The fourth-order valence-electron chi connectivity index (χ4n) is 1.31. The van der Waals surface area contributed by atoms with Crippen molar-refractivity contribution in [3.63, 3.8) is 0 Å². The standard InChI is InChI=1S/C11H9F2NO3/c12-8-4-7(9(13)3-6(8)5-15)11(17)10(16)1-2-14/h3-5,10-11,16-17H,1H2. The van der Waals surface area contributed by atoms with Gasteiger partial charge in [-0.15, -0.1) is 0 Å². The summed E-state index contributed by atoms with van der Waals surface area (Å²) < 4.78 is 26.6. The van der Waals surface area contributed by atoms with E-state index in [1.807, 2.05) is 0 Å². The molecule has 0 radical (unpaired) electrons. The molecule has 4 nitrogen and oxygen atoms in total. The quantitative estimate of drug-likeness (QED) is 0.773. The number of aldehydes is 1. The number of nitriles is 1. The molecular weight excluding hydrogens is 232 g/mol. The summed E-state index contributed by atoms with van der Waals surface area (Å²) in [7, 11) is 0. The average molecular weight is 241 g/mol. The number of hydrogen-bond donors (Lipinski definition) is 2. The first-order chi connectivity index (χ1) is 8.01. The highest BCUT2D eigenvalue weighted by Gasteiger charge is 2.23. The average Bonchev–Trinajstić information content (AvgIpc) is 2.31. The van der Waals surface area contributed by atoms with Gasteiger partial charge in [0.1, 0.15) is 17.7 Å². The normalized spacial score (nSPS) is 13.8. The lowest BCUT2D eigenvalue weighted by Gasteiger charge is -2.16. The Hall–Kier alpha value is -1.84. The maximum atomic E-state index is 13.4. The largest absolute Gasteiger partial charge is 0.389 e. The van der Waals surface area contributed by atoms with E-state index in [-0.39, 0.29) is 6.29 Å². The van der Waals surface area contributed by atoms with Crippen molar-refractivity contribution in [2.45, 2.75) is 18.6 Å². The second kappa shape index (κ2) is 5.48. The summed E-state index contributed by atoms with van der Waals surface area (Å²) in [5.74, 6) is -2.02. The van der Waals surface area contributed by atoms with Gasteiger partial charge in [-0.05, 0) is 12.1 Å². The lowest BCUT2D eigenvalue weighted by atomic mass is 10.0. The lowest BCUT2D eigenvalue weighted by Crippen LogP contribution is -2.19. The molecule has 1 aromatic rings. The van der Waals surface area contributed by atoms with Crippen molar-refractivity contribution in [3.05, 3.63) is 34.9 Å². The summed E-state index contributed by atoms with van der Waals surface area (Å²) in [6.45, 7) is 0. The van der Waals surface area contributed by atoms with Gasteiger partial charge in [0, 0.05) is 5.56 Å². The van der Waals surface area contributed by atoms with Gasteiger partial charge in [-0.25, -0.2) is 8.78 Å². The van der Waals surface area contributed by atoms with Crippen molar-refractivity contribution in [2.24, 2.45) is 0 Å². The number of aliphatic hydroxyl groups excluding tert-OH is 2. The van der Waals surface area contributed by atoms with E-state index in [4.69, 9.17) is 5.26 Å². The number of carbonyl (C=O) groups is 1. The Kier molecular flexibility index (Phi) is 4.26. The second-order valence-corrected chi connectivity index (χ2v) is 3.39. The van der Waals surface area contributed by atoms with E-state index < -0.39 is 41.4 Å². The summed E-state index contributed by atoms with van der Waals surface area (Å²) in [6.07, 6.45) is -3.52. The topological polar surface area (TPSA) is 81.3 Å². The third kappa shape index (κ3) is 2.84. The zero-order chi connectivity index (χ0) is 13.0. The molecule has 0 aliphatic carbocycles. The highest BCUT2D eigenvalue weighted by atomic mass is 19.1. The van der Waals surface area contributed by atoms with Gasteiger partial charge in [0.2, 0.25) is 0 Å². The molecule has 6 heteroatoms. The third-order valence-electron chi connectivity index (χ3n) is 2.23. The summed E-state index contributed by atoms with van der Waals surface area (Å²) in [6, 6.07) is 2.85.